The van der Waals surface area contributed by atoms with E-state index in [1.165, 1.54) is 21.1 Å². The molecule has 0 saturated heterocycles. The average molecular weight is 192 g/mol. The molecule has 0 unspecified atom stereocenters. The summed E-state index contributed by atoms with van der Waals surface area (Å²) in [4.78, 5) is 10.7. The molecule has 0 saturated carbocycles. The maximum atomic E-state index is 10.7. The van der Waals surface area contributed by atoms with Gasteiger partial charge in [-0.1, -0.05) is 0 Å². The van der Waals surface area contributed by atoms with Crippen molar-refractivity contribution in [3.8, 4) is 0 Å². The van der Waals surface area contributed by atoms with Crippen LogP contribution in [0.25, 0.3) is 0 Å². The maximum absolute atomic E-state index is 10.7. The second-order valence-electron chi connectivity index (χ2n) is 2.43. The summed E-state index contributed by atoms with van der Waals surface area (Å²) in [5, 5.41) is 0. The van der Waals surface area contributed by atoms with E-state index in [0.29, 0.717) is 13.0 Å². The quantitative estimate of drug-likeness (QED) is 0.454. The summed E-state index contributed by atoms with van der Waals surface area (Å²) in [7, 11) is 4.36. The average Bonchev–Trinajstić information content (AvgIpc) is 2.12. The third kappa shape index (κ3) is 4.21. The molecule has 0 atom stereocenters. The third-order valence-electron chi connectivity index (χ3n) is 1.53. The van der Waals surface area contributed by atoms with E-state index in [-0.39, 0.29) is 0 Å². The fourth-order valence-electron chi connectivity index (χ4n) is 0.868. The van der Waals surface area contributed by atoms with Gasteiger partial charge in [-0.3, -0.25) is 4.79 Å². The fraction of sp³-hybridized carbons (Fsp3) is 0.875. The molecule has 0 rings (SSSR count). The molecule has 5 nitrogen and oxygen atoms in total. The van der Waals surface area contributed by atoms with Crippen LogP contribution in [0.3, 0.4) is 0 Å². The Labute approximate surface area is 77.9 Å². The lowest BCUT2D eigenvalue weighted by Gasteiger charge is -2.28. The summed E-state index contributed by atoms with van der Waals surface area (Å²) >= 11 is 0. The largest absolute Gasteiger partial charge is 0.408 e. The van der Waals surface area contributed by atoms with E-state index in [0.717, 1.165) is 0 Å². The number of hydrogen-bond donors (Lipinski definition) is 0. The number of carbonyl (C=O) groups excluding carboxylic acids is 1. The van der Waals surface area contributed by atoms with Gasteiger partial charge in [0.2, 0.25) is 0 Å². The van der Waals surface area contributed by atoms with E-state index in [4.69, 9.17) is 18.9 Å². The third-order valence-corrected chi connectivity index (χ3v) is 1.53. The Hall–Kier alpha value is -0.650. The molecule has 0 amide bonds. The van der Waals surface area contributed by atoms with E-state index in [2.05, 4.69) is 0 Å². The predicted octanol–water partition coefficient (Wildman–Crippen LogP) is 0.533. The first-order chi connectivity index (χ1) is 6.10. The molecule has 13 heavy (non-hydrogen) atoms. The van der Waals surface area contributed by atoms with Gasteiger partial charge in [0.25, 0.3) is 0 Å². The highest BCUT2D eigenvalue weighted by Gasteiger charge is 2.33. The lowest BCUT2D eigenvalue weighted by atomic mass is 10.4. The molecule has 78 valence electrons. The van der Waals surface area contributed by atoms with Crippen LogP contribution in [0.4, 0.5) is 0 Å². The monoisotopic (exact) mass is 192 g/mol. The van der Waals surface area contributed by atoms with Gasteiger partial charge in [0, 0.05) is 28.3 Å². The molecule has 0 aromatic heterocycles. The molecule has 0 heterocycles. The Bertz CT molecular complexity index is 153. The first kappa shape index (κ1) is 12.3. The van der Waals surface area contributed by atoms with Gasteiger partial charge in [0.15, 0.2) is 0 Å². The van der Waals surface area contributed by atoms with Gasteiger partial charge < -0.3 is 18.9 Å². The Balaban J connectivity index is 4.21. The van der Waals surface area contributed by atoms with Crippen LogP contribution in [0.15, 0.2) is 0 Å². The van der Waals surface area contributed by atoms with Crippen LogP contribution < -0.4 is 0 Å². The second-order valence-corrected chi connectivity index (χ2v) is 2.43. The summed E-state index contributed by atoms with van der Waals surface area (Å²) in [6.45, 7) is 1.68. The zero-order valence-corrected chi connectivity index (χ0v) is 8.46. The van der Waals surface area contributed by atoms with E-state index in [1.807, 2.05) is 0 Å². The van der Waals surface area contributed by atoms with Gasteiger partial charge in [-0.2, -0.15) is 0 Å². The molecule has 0 aliphatic carbocycles. The summed E-state index contributed by atoms with van der Waals surface area (Å²) in [6, 6.07) is 0. The van der Waals surface area contributed by atoms with Crippen molar-refractivity contribution >= 4 is 5.97 Å². The van der Waals surface area contributed by atoms with Crippen LogP contribution in [-0.4, -0.2) is 39.9 Å². The first-order valence-corrected chi connectivity index (χ1v) is 3.89. The summed E-state index contributed by atoms with van der Waals surface area (Å²) < 4.78 is 19.6. The topological polar surface area (TPSA) is 54.0 Å². The van der Waals surface area contributed by atoms with Crippen molar-refractivity contribution in [2.45, 2.75) is 19.3 Å². The van der Waals surface area contributed by atoms with Crippen LogP contribution in [-0.2, 0) is 23.7 Å². The minimum Gasteiger partial charge on any atom is -0.408 e. The standard InChI is InChI=1S/C8H16O5/c1-7(9)13-8(11-3,12-4)5-6-10-2/h5-6H2,1-4H3. The van der Waals surface area contributed by atoms with Crippen molar-refractivity contribution in [3.05, 3.63) is 0 Å². The van der Waals surface area contributed by atoms with Crippen LogP contribution in [0.2, 0.25) is 0 Å². The second kappa shape index (κ2) is 5.90. The molecule has 5 heteroatoms. The van der Waals surface area contributed by atoms with Gasteiger partial charge in [0.05, 0.1) is 13.0 Å². The van der Waals surface area contributed by atoms with Gasteiger partial charge in [-0.15, -0.1) is 0 Å². The number of rotatable bonds is 6. The highest BCUT2D eigenvalue weighted by Crippen LogP contribution is 2.18. The predicted molar refractivity (Wildman–Crippen MR) is 45.0 cm³/mol. The van der Waals surface area contributed by atoms with E-state index in [1.54, 1.807) is 7.11 Å². The van der Waals surface area contributed by atoms with Crippen molar-refractivity contribution in [2.75, 3.05) is 27.9 Å². The molecule has 0 bridgehead atoms. The molecular formula is C8H16O5. The molecule has 0 aliphatic rings. The number of esters is 1. The van der Waals surface area contributed by atoms with Crippen LogP contribution in [0.5, 0.6) is 0 Å². The Morgan fingerprint density at radius 3 is 2.08 bits per heavy atom. The minimum atomic E-state index is -1.32. The van der Waals surface area contributed by atoms with Crippen LogP contribution in [0.1, 0.15) is 13.3 Å². The van der Waals surface area contributed by atoms with Crippen molar-refractivity contribution in [2.24, 2.45) is 0 Å². The maximum Gasteiger partial charge on any atom is 0.330 e. The highest BCUT2D eigenvalue weighted by molar-refractivity contribution is 5.66. The van der Waals surface area contributed by atoms with Gasteiger partial charge in [-0.05, 0) is 0 Å². The molecule has 0 fully saturated rings. The highest BCUT2D eigenvalue weighted by atomic mass is 16.9. The SMILES string of the molecule is COCCC(OC)(OC)OC(C)=O. The number of hydrogen-bond acceptors (Lipinski definition) is 5. The van der Waals surface area contributed by atoms with E-state index < -0.39 is 11.9 Å². The molecule has 0 aromatic rings. The molecule has 0 spiro atoms. The summed E-state index contributed by atoms with van der Waals surface area (Å²) in [5.74, 6) is -1.78. The molecule has 0 aromatic carbocycles. The Morgan fingerprint density at radius 2 is 1.77 bits per heavy atom. The van der Waals surface area contributed by atoms with Crippen molar-refractivity contribution < 1.29 is 23.7 Å². The zero-order valence-electron chi connectivity index (χ0n) is 8.46. The van der Waals surface area contributed by atoms with Gasteiger partial charge in [0.1, 0.15) is 0 Å². The van der Waals surface area contributed by atoms with Gasteiger partial charge >= 0.3 is 11.9 Å². The van der Waals surface area contributed by atoms with E-state index >= 15 is 0 Å². The van der Waals surface area contributed by atoms with Crippen molar-refractivity contribution in [1.29, 1.82) is 0 Å². The molecule has 0 radical (unpaired) electrons. The number of carbonyl (C=O) groups is 1. The lowest BCUT2D eigenvalue weighted by molar-refractivity contribution is -0.348. The molecule has 0 N–H and O–H groups in total. The molecular weight excluding hydrogens is 176 g/mol. The first-order valence-electron chi connectivity index (χ1n) is 3.89. The van der Waals surface area contributed by atoms with Crippen LogP contribution in [0, 0.1) is 0 Å². The lowest BCUT2D eigenvalue weighted by Crippen LogP contribution is -2.39. The Morgan fingerprint density at radius 1 is 1.23 bits per heavy atom. The van der Waals surface area contributed by atoms with Crippen molar-refractivity contribution in [1.82, 2.24) is 0 Å². The zero-order chi connectivity index (χ0) is 10.3. The van der Waals surface area contributed by atoms with Crippen molar-refractivity contribution in [3.63, 3.8) is 0 Å². The molecule has 0 aliphatic heterocycles. The van der Waals surface area contributed by atoms with E-state index in [9.17, 15) is 4.79 Å². The smallest absolute Gasteiger partial charge is 0.330 e. The Kier molecular flexibility index (Phi) is 5.61. The minimum absolute atomic E-state index is 0.329. The normalized spacial score (nSPS) is 11.4. The number of ether oxygens (including phenoxy) is 4. The summed E-state index contributed by atoms with van der Waals surface area (Å²) in [6.07, 6.45) is 0.329. The van der Waals surface area contributed by atoms with Crippen LogP contribution >= 0.6 is 0 Å². The number of methoxy groups -OCH3 is 3. The van der Waals surface area contributed by atoms with Gasteiger partial charge in [-0.25, -0.2) is 0 Å². The summed E-state index contributed by atoms with van der Waals surface area (Å²) in [5.41, 5.74) is 0. The fourth-order valence-corrected chi connectivity index (χ4v) is 0.868.